The molecular weight excluding hydrogens is 364 g/mol. The van der Waals surface area contributed by atoms with Crippen LogP contribution in [0.4, 0.5) is 4.79 Å². The average Bonchev–Trinajstić information content (AvgIpc) is 3.37. The van der Waals surface area contributed by atoms with Crippen molar-refractivity contribution in [3.63, 3.8) is 0 Å². The third-order valence-corrected chi connectivity index (χ3v) is 5.81. The number of likely N-dealkylation sites (tertiary alicyclic amines) is 1. The molecule has 1 aromatic carbocycles. The topological polar surface area (TPSA) is 70.6 Å². The van der Waals surface area contributed by atoms with Crippen LogP contribution in [0.3, 0.4) is 0 Å². The van der Waals surface area contributed by atoms with Crippen LogP contribution in [0.25, 0.3) is 5.65 Å². The van der Waals surface area contributed by atoms with Crippen LogP contribution in [0.1, 0.15) is 48.0 Å². The number of imidazole rings is 1. The van der Waals surface area contributed by atoms with Crippen molar-refractivity contribution in [3.8, 4) is 6.07 Å². The first kappa shape index (κ1) is 17.7. The molecule has 1 aliphatic heterocycles. The summed E-state index contributed by atoms with van der Waals surface area (Å²) in [6.07, 6.45) is 6.81. The number of benzene rings is 1. The Morgan fingerprint density at radius 2 is 2.00 bits per heavy atom. The van der Waals surface area contributed by atoms with Crippen molar-refractivity contribution >= 4 is 11.7 Å². The monoisotopic (exact) mass is 386 g/mol. The Morgan fingerprint density at radius 3 is 2.76 bits per heavy atom. The standard InChI is InChI=1S/C23H22N4O2/c24-11-17-10-21(27(12-17)23(28)29-15-16-4-2-1-3-5-16)20-14-26-13-19(18-6-7-18)8-9-22(26)25-20/h1-5,8-9,13-14,17-18,21H,6-7,10,12,15H2/t17-,21-/m1/s1. The molecule has 29 heavy (non-hydrogen) atoms. The number of fused-ring (bicyclic) bond motifs is 1. The van der Waals surface area contributed by atoms with Crippen LogP contribution < -0.4 is 0 Å². The lowest BCUT2D eigenvalue weighted by molar-refractivity contribution is 0.0911. The average molecular weight is 386 g/mol. The largest absolute Gasteiger partial charge is 0.445 e. The minimum absolute atomic E-state index is 0.212. The smallest absolute Gasteiger partial charge is 0.410 e. The molecule has 0 spiro atoms. The molecular formula is C23H22N4O2. The molecule has 2 fully saturated rings. The van der Waals surface area contributed by atoms with Crippen molar-refractivity contribution in [2.24, 2.45) is 5.92 Å². The van der Waals surface area contributed by atoms with E-state index in [4.69, 9.17) is 9.72 Å². The summed E-state index contributed by atoms with van der Waals surface area (Å²) in [6, 6.07) is 15.8. The summed E-state index contributed by atoms with van der Waals surface area (Å²) in [5, 5.41) is 9.43. The van der Waals surface area contributed by atoms with Crippen LogP contribution in [0.5, 0.6) is 0 Å². The summed E-state index contributed by atoms with van der Waals surface area (Å²) in [7, 11) is 0. The fourth-order valence-electron chi connectivity index (χ4n) is 4.06. The van der Waals surface area contributed by atoms with Gasteiger partial charge in [-0.15, -0.1) is 0 Å². The Bertz CT molecular complexity index is 1080. The molecule has 1 saturated heterocycles. The van der Waals surface area contributed by atoms with E-state index < -0.39 is 6.09 Å². The summed E-state index contributed by atoms with van der Waals surface area (Å²) < 4.78 is 7.57. The Morgan fingerprint density at radius 1 is 1.17 bits per heavy atom. The normalized spacial score (nSPS) is 21.3. The van der Waals surface area contributed by atoms with Gasteiger partial charge >= 0.3 is 6.09 Å². The predicted octanol–water partition coefficient (Wildman–Crippen LogP) is 4.44. The van der Waals surface area contributed by atoms with Crippen molar-refractivity contribution in [2.75, 3.05) is 6.54 Å². The van der Waals surface area contributed by atoms with Gasteiger partial charge in [-0.25, -0.2) is 9.78 Å². The maximum absolute atomic E-state index is 12.8. The molecule has 1 amide bonds. The fourth-order valence-corrected chi connectivity index (χ4v) is 4.06. The first-order valence-corrected chi connectivity index (χ1v) is 10.1. The Balaban J connectivity index is 1.37. The summed E-state index contributed by atoms with van der Waals surface area (Å²) in [6.45, 7) is 0.589. The predicted molar refractivity (Wildman–Crippen MR) is 107 cm³/mol. The highest BCUT2D eigenvalue weighted by Gasteiger charge is 2.38. The van der Waals surface area contributed by atoms with E-state index in [1.807, 2.05) is 47.0 Å². The third-order valence-electron chi connectivity index (χ3n) is 5.81. The van der Waals surface area contributed by atoms with E-state index in [1.165, 1.54) is 18.4 Å². The minimum atomic E-state index is -0.396. The van der Waals surface area contributed by atoms with E-state index in [0.29, 0.717) is 18.9 Å². The Hall–Kier alpha value is -3.33. The van der Waals surface area contributed by atoms with Crippen LogP contribution in [0.2, 0.25) is 0 Å². The maximum Gasteiger partial charge on any atom is 0.410 e. The van der Waals surface area contributed by atoms with Crippen molar-refractivity contribution in [1.29, 1.82) is 5.26 Å². The number of carbonyl (C=O) groups excluding carboxylic acids is 1. The molecule has 2 atom stereocenters. The molecule has 1 aliphatic carbocycles. The van der Waals surface area contributed by atoms with Gasteiger partial charge in [0.15, 0.2) is 0 Å². The van der Waals surface area contributed by atoms with E-state index in [2.05, 4.69) is 18.3 Å². The van der Waals surface area contributed by atoms with Gasteiger partial charge in [0.1, 0.15) is 12.3 Å². The molecule has 0 bridgehead atoms. The second kappa shape index (κ2) is 7.25. The van der Waals surface area contributed by atoms with Crippen molar-refractivity contribution in [3.05, 3.63) is 71.7 Å². The van der Waals surface area contributed by atoms with Crippen molar-refractivity contribution in [1.82, 2.24) is 14.3 Å². The molecule has 5 rings (SSSR count). The molecule has 3 aromatic rings. The van der Waals surface area contributed by atoms with E-state index >= 15 is 0 Å². The van der Waals surface area contributed by atoms with E-state index in [9.17, 15) is 10.1 Å². The molecule has 0 unspecified atom stereocenters. The summed E-state index contributed by atoms with van der Waals surface area (Å²) in [4.78, 5) is 19.2. The van der Waals surface area contributed by atoms with E-state index in [-0.39, 0.29) is 18.6 Å². The molecule has 2 aliphatic rings. The SMILES string of the molecule is N#C[C@H]1C[C@H](c2cn3cc(C4CC4)ccc3n2)N(C(=O)OCc2ccccc2)C1. The second-order valence-corrected chi connectivity index (χ2v) is 7.94. The van der Waals surface area contributed by atoms with E-state index in [1.54, 1.807) is 4.90 Å². The lowest BCUT2D eigenvalue weighted by Crippen LogP contribution is -2.31. The lowest BCUT2D eigenvalue weighted by atomic mass is 10.1. The van der Waals surface area contributed by atoms with Crippen LogP contribution in [-0.2, 0) is 11.3 Å². The van der Waals surface area contributed by atoms with Gasteiger partial charge < -0.3 is 9.14 Å². The number of rotatable bonds is 4. The van der Waals surface area contributed by atoms with Crippen molar-refractivity contribution < 1.29 is 9.53 Å². The number of hydrogen-bond donors (Lipinski definition) is 0. The first-order valence-electron chi connectivity index (χ1n) is 10.1. The minimum Gasteiger partial charge on any atom is -0.445 e. The molecule has 0 N–H and O–H groups in total. The number of hydrogen-bond acceptors (Lipinski definition) is 4. The van der Waals surface area contributed by atoms with Gasteiger partial charge in [0.25, 0.3) is 0 Å². The van der Waals surface area contributed by atoms with Gasteiger partial charge in [0, 0.05) is 18.9 Å². The van der Waals surface area contributed by atoms with Crippen LogP contribution in [0, 0.1) is 17.2 Å². The number of amides is 1. The highest BCUT2D eigenvalue weighted by atomic mass is 16.6. The Labute approximate surface area is 169 Å². The van der Waals surface area contributed by atoms with Crippen LogP contribution >= 0.6 is 0 Å². The number of carbonyl (C=O) groups is 1. The van der Waals surface area contributed by atoms with E-state index in [0.717, 1.165) is 16.9 Å². The zero-order chi connectivity index (χ0) is 19.8. The second-order valence-electron chi connectivity index (χ2n) is 7.94. The third kappa shape index (κ3) is 3.56. The molecule has 1 saturated carbocycles. The molecule has 6 nitrogen and oxygen atoms in total. The fraction of sp³-hybridized carbons (Fsp3) is 0.348. The van der Waals surface area contributed by atoms with Crippen LogP contribution in [-0.4, -0.2) is 26.9 Å². The first-order chi connectivity index (χ1) is 14.2. The molecule has 3 heterocycles. The molecule has 2 aromatic heterocycles. The van der Waals surface area contributed by atoms with Crippen molar-refractivity contribution in [2.45, 2.75) is 37.8 Å². The van der Waals surface area contributed by atoms with Gasteiger partial charge in [-0.3, -0.25) is 4.90 Å². The zero-order valence-corrected chi connectivity index (χ0v) is 16.1. The summed E-state index contributed by atoms with van der Waals surface area (Å²) in [5.41, 5.74) is 3.95. The van der Waals surface area contributed by atoms with Gasteiger partial charge in [-0.1, -0.05) is 36.4 Å². The van der Waals surface area contributed by atoms with Gasteiger partial charge in [0.2, 0.25) is 0 Å². The van der Waals surface area contributed by atoms with Gasteiger partial charge in [-0.2, -0.15) is 5.26 Å². The summed E-state index contributed by atoms with van der Waals surface area (Å²) >= 11 is 0. The quantitative estimate of drug-likeness (QED) is 0.665. The number of nitrogens with zero attached hydrogens (tertiary/aromatic N) is 4. The number of ether oxygens (including phenoxy) is 1. The highest BCUT2D eigenvalue weighted by molar-refractivity contribution is 5.69. The molecule has 146 valence electrons. The zero-order valence-electron chi connectivity index (χ0n) is 16.1. The van der Waals surface area contributed by atoms with Gasteiger partial charge in [0.05, 0.1) is 23.7 Å². The highest BCUT2D eigenvalue weighted by Crippen LogP contribution is 2.40. The number of aromatic nitrogens is 2. The number of pyridine rings is 1. The Kier molecular flexibility index (Phi) is 4.44. The summed E-state index contributed by atoms with van der Waals surface area (Å²) in [5.74, 6) is 0.459. The number of nitriles is 1. The molecule has 0 radical (unpaired) electrons. The maximum atomic E-state index is 12.8. The van der Waals surface area contributed by atoms with Crippen LogP contribution in [0.15, 0.2) is 54.9 Å². The lowest BCUT2D eigenvalue weighted by Gasteiger charge is -2.22. The van der Waals surface area contributed by atoms with Gasteiger partial charge in [-0.05, 0) is 42.4 Å². The molecule has 6 heteroatoms.